The Morgan fingerprint density at radius 1 is 1.25 bits per heavy atom. The Morgan fingerprint density at radius 2 is 1.94 bits per heavy atom. The Balaban J connectivity index is 2.57. The molecule has 0 saturated heterocycles. The highest BCUT2D eigenvalue weighted by Gasteiger charge is 1.91. The van der Waals surface area contributed by atoms with Crippen LogP contribution in [0.5, 0.6) is 0 Å². The van der Waals surface area contributed by atoms with Crippen molar-refractivity contribution in [1.82, 2.24) is 0 Å². The molecule has 16 heavy (non-hydrogen) atoms. The van der Waals surface area contributed by atoms with Gasteiger partial charge in [0, 0.05) is 0 Å². The lowest BCUT2D eigenvalue weighted by Gasteiger charge is -2.00. The summed E-state index contributed by atoms with van der Waals surface area (Å²) in [6, 6.07) is 8.77. The molecular formula is C15H20S. The van der Waals surface area contributed by atoms with Crippen molar-refractivity contribution in [2.45, 2.75) is 33.1 Å². The highest BCUT2D eigenvalue weighted by molar-refractivity contribution is 7.84. The van der Waals surface area contributed by atoms with Gasteiger partial charge in [0.05, 0.1) is 0 Å². The van der Waals surface area contributed by atoms with Gasteiger partial charge in [-0.25, -0.2) is 0 Å². The largest absolute Gasteiger partial charge is 0.148 e. The summed E-state index contributed by atoms with van der Waals surface area (Å²) < 4.78 is 0. The first-order valence-corrected chi connectivity index (χ1v) is 6.30. The van der Waals surface area contributed by atoms with Crippen LogP contribution in [0.3, 0.4) is 0 Å². The van der Waals surface area contributed by atoms with Gasteiger partial charge in [0.1, 0.15) is 0 Å². The van der Waals surface area contributed by atoms with Crippen LogP contribution in [0.2, 0.25) is 0 Å². The molecule has 0 radical (unpaired) electrons. The van der Waals surface area contributed by atoms with Crippen LogP contribution >= 0.6 is 12.6 Å². The normalized spacial score (nSPS) is 12.3. The predicted octanol–water partition coefficient (Wildman–Crippen LogP) is 4.88. The van der Waals surface area contributed by atoms with Gasteiger partial charge in [-0.2, -0.15) is 0 Å². The third kappa shape index (κ3) is 5.22. The van der Waals surface area contributed by atoms with Gasteiger partial charge in [0.25, 0.3) is 0 Å². The molecular weight excluding hydrogens is 212 g/mol. The van der Waals surface area contributed by atoms with E-state index in [4.69, 9.17) is 0 Å². The molecule has 0 fully saturated rings. The van der Waals surface area contributed by atoms with Crippen molar-refractivity contribution in [3.05, 3.63) is 52.4 Å². The van der Waals surface area contributed by atoms with Crippen molar-refractivity contribution >= 4 is 18.7 Å². The maximum absolute atomic E-state index is 4.21. The van der Waals surface area contributed by atoms with Gasteiger partial charge in [-0.15, -0.1) is 12.6 Å². The van der Waals surface area contributed by atoms with Crippen LogP contribution in [0.15, 0.2) is 41.3 Å². The zero-order valence-electron chi connectivity index (χ0n) is 10.1. The Morgan fingerprint density at radius 3 is 2.50 bits per heavy atom. The Bertz CT molecular complexity index is 354. The van der Waals surface area contributed by atoms with Crippen LogP contribution < -0.4 is 0 Å². The van der Waals surface area contributed by atoms with E-state index in [2.05, 4.69) is 49.9 Å². The van der Waals surface area contributed by atoms with E-state index in [1.807, 2.05) is 19.1 Å². The molecule has 0 heterocycles. The number of rotatable bonds is 5. The molecule has 0 aliphatic rings. The van der Waals surface area contributed by atoms with Gasteiger partial charge in [0.15, 0.2) is 0 Å². The van der Waals surface area contributed by atoms with E-state index in [0.717, 1.165) is 4.91 Å². The summed E-state index contributed by atoms with van der Waals surface area (Å²) in [5.41, 5.74) is 2.67. The quantitative estimate of drug-likeness (QED) is 0.543. The summed E-state index contributed by atoms with van der Waals surface area (Å²) in [7, 11) is 0. The van der Waals surface area contributed by atoms with E-state index in [9.17, 15) is 0 Å². The zero-order valence-corrected chi connectivity index (χ0v) is 11.0. The molecule has 0 aliphatic heterocycles. The molecule has 0 unspecified atom stereocenters. The highest BCUT2D eigenvalue weighted by Crippen LogP contribution is 2.09. The summed E-state index contributed by atoms with van der Waals surface area (Å²) in [6.07, 6.45) is 9.85. The van der Waals surface area contributed by atoms with Crippen LogP contribution in [-0.2, 0) is 6.42 Å². The number of thiol groups is 1. The van der Waals surface area contributed by atoms with Gasteiger partial charge in [-0.05, 0) is 35.8 Å². The minimum absolute atomic E-state index is 1.02. The van der Waals surface area contributed by atoms with E-state index in [1.54, 1.807) is 0 Å². The Labute approximate surface area is 104 Å². The number of allylic oxidation sites excluding steroid dienone is 3. The number of hydrogen-bond donors (Lipinski definition) is 1. The van der Waals surface area contributed by atoms with Gasteiger partial charge in [-0.1, -0.05) is 55.8 Å². The van der Waals surface area contributed by atoms with Crippen LogP contribution in [-0.4, -0.2) is 0 Å². The molecule has 0 aliphatic carbocycles. The fourth-order valence-corrected chi connectivity index (χ4v) is 1.56. The monoisotopic (exact) mass is 232 g/mol. The SMILES string of the molecule is CCCCc1ccc(/C=C/C=C(/C)S)cc1. The van der Waals surface area contributed by atoms with Gasteiger partial charge in [0.2, 0.25) is 0 Å². The maximum Gasteiger partial charge on any atom is -0.0215 e. The number of hydrogen-bond acceptors (Lipinski definition) is 1. The molecule has 0 saturated carbocycles. The van der Waals surface area contributed by atoms with Crippen molar-refractivity contribution < 1.29 is 0 Å². The number of unbranched alkanes of at least 4 members (excludes halogenated alkanes) is 1. The lowest BCUT2D eigenvalue weighted by Crippen LogP contribution is -1.83. The zero-order chi connectivity index (χ0) is 11.8. The minimum atomic E-state index is 1.02. The molecule has 0 N–H and O–H groups in total. The predicted molar refractivity (Wildman–Crippen MR) is 76.8 cm³/mol. The van der Waals surface area contributed by atoms with Crippen LogP contribution in [0, 0.1) is 0 Å². The van der Waals surface area contributed by atoms with Crippen LogP contribution in [0.4, 0.5) is 0 Å². The van der Waals surface area contributed by atoms with E-state index in [1.165, 1.54) is 30.4 Å². The van der Waals surface area contributed by atoms with E-state index in [0.29, 0.717) is 0 Å². The molecule has 0 bridgehead atoms. The van der Waals surface area contributed by atoms with Gasteiger partial charge in [-0.3, -0.25) is 0 Å². The van der Waals surface area contributed by atoms with Gasteiger partial charge < -0.3 is 0 Å². The molecule has 0 nitrogen and oxygen atoms in total. The van der Waals surface area contributed by atoms with E-state index < -0.39 is 0 Å². The van der Waals surface area contributed by atoms with Crippen molar-refractivity contribution in [2.24, 2.45) is 0 Å². The van der Waals surface area contributed by atoms with Gasteiger partial charge >= 0.3 is 0 Å². The molecule has 0 amide bonds. The number of aryl methyl sites for hydroxylation is 1. The fourth-order valence-electron chi connectivity index (χ4n) is 1.47. The Hall–Kier alpha value is -0.950. The third-order valence-electron chi connectivity index (χ3n) is 2.42. The molecule has 1 heteroatoms. The molecule has 1 aromatic carbocycles. The van der Waals surface area contributed by atoms with E-state index in [-0.39, 0.29) is 0 Å². The first-order valence-electron chi connectivity index (χ1n) is 5.85. The second kappa shape index (κ2) is 7.34. The molecule has 1 rings (SSSR count). The van der Waals surface area contributed by atoms with Crippen molar-refractivity contribution in [3.8, 4) is 0 Å². The maximum atomic E-state index is 4.21. The highest BCUT2D eigenvalue weighted by atomic mass is 32.1. The van der Waals surface area contributed by atoms with E-state index >= 15 is 0 Å². The first kappa shape index (κ1) is 13.1. The summed E-state index contributed by atoms with van der Waals surface area (Å²) >= 11 is 4.21. The topological polar surface area (TPSA) is 0 Å². The molecule has 0 aromatic heterocycles. The van der Waals surface area contributed by atoms with Crippen molar-refractivity contribution in [1.29, 1.82) is 0 Å². The average Bonchev–Trinajstić information content (AvgIpc) is 2.27. The average molecular weight is 232 g/mol. The fraction of sp³-hybridized carbons (Fsp3) is 0.333. The van der Waals surface area contributed by atoms with Crippen molar-refractivity contribution in [2.75, 3.05) is 0 Å². The summed E-state index contributed by atoms with van der Waals surface area (Å²) in [6.45, 7) is 4.20. The van der Waals surface area contributed by atoms with Crippen LogP contribution in [0.25, 0.3) is 6.08 Å². The molecule has 1 aromatic rings. The van der Waals surface area contributed by atoms with Crippen LogP contribution in [0.1, 0.15) is 37.8 Å². The third-order valence-corrected chi connectivity index (χ3v) is 2.57. The second-order valence-electron chi connectivity index (χ2n) is 4.01. The molecule has 0 atom stereocenters. The summed E-state index contributed by atoms with van der Waals surface area (Å²) in [5, 5.41) is 0. The Kier molecular flexibility index (Phi) is 6.02. The molecule has 86 valence electrons. The first-order chi connectivity index (χ1) is 7.72. The summed E-state index contributed by atoms with van der Waals surface area (Å²) in [4.78, 5) is 1.02. The smallest absolute Gasteiger partial charge is 0.0215 e. The minimum Gasteiger partial charge on any atom is -0.148 e. The standard InChI is InChI=1S/C15H20S/c1-3-4-7-14-9-11-15(12-10-14)8-5-6-13(2)16/h5-6,8-12,16H,3-4,7H2,1-2H3/b8-5+,13-6-. The number of benzene rings is 1. The van der Waals surface area contributed by atoms with Crippen molar-refractivity contribution in [3.63, 3.8) is 0 Å². The lowest BCUT2D eigenvalue weighted by atomic mass is 10.1. The summed E-state index contributed by atoms with van der Waals surface area (Å²) in [5.74, 6) is 0. The lowest BCUT2D eigenvalue weighted by molar-refractivity contribution is 0.795. The second-order valence-corrected chi connectivity index (χ2v) is 4.72. The molecule has 0 spiro atoms.